The summed E-state index contributed by atoms with van der Waals surface area (Å²) in [6.45, 7) is 7.35. The molecule has 0 bridgehead atoms. The molecule has 0 amide bonds. The van der Waals surface area contributed by atoms with Gasteiger partial charge >= 0.3 is 0 Å². The maximum Gasteiger partial charge on any atom is 0.191 e. The fourth-order valence-corrected chi connectivity index (χ4v) is 3.23. The minimum absolute atomic E-state index is 0. The Morgan fingerprint density at radius 1 is 1.31 bits per heavy atom. The van der Waals surface area contributed by atoms with E-state index in [1.807, 2.05) is 43.0 Å². The van der Waals surface area contributed by atoms with Crippen LogP contribution in [0.4, 0.5) is 10.2 Å². The molecule has 2 heterocycles. The van der Waals surface area contributed by atoms with E-state index in [4.69, 9.17) is 4.74 Å². The molecule has 8 heteroatoms. The lowest BCUT2D eigenvalue weighted by atomic mass is 10.2. The molecule has 158 valence electrons. The number of aromatic nitrogens is 1. The second-order valence-corrected chi connectivity index (χ2v) is 6.76. The lowest BCUT2D eigenvalue weighted by Crippen LogP contribution is -2.45. The zero-order valence-electron chi connectivity index (χ0n) is 16.9. The zero-order chi connectivity index (χ0) is 19.8. The van der Waals surface area contributed by atoms with E-state index in [0.29, 0.717) is 25.5 Å². The Morgan fingerprint density at radius 2 is 2.14 bits per heavy atom. The summed E-state index contributed by atoms with van der Waals surface area (Å²) < 4.78 is 19.8. The van der Waals surface area contributed by atoms with Crippen LogP contribution in [0.25, 0.3) is 0 Å². The van der Waals surface area contributed by atoms with Crippen LogP contribution in [0.3, 0.4) is 0 Å². The Hall–Kier alpha value is -2.10. The van der Waals surface area contributed by atoms with Crippen molar-refractivity contribution < 1.29 is 9.13 Å². The van der Waals surface area contributed by atoms with Crippen LogP contribution in [0.5, 0.6) is 5.75 Å². The maximum absolute atomic E-state index is 14.0. The highest BCUT2D eigenvalue weighted by Gasteiger charge is 2.25. The maximum atomic E-state index is 14.0. The molecule has 2 aromatic rings. The van der Waals surface area contributed by atoms with E-state index < -0.39 is 0 Å². The summed E-state index contributed by atoms with van der Waals surface area (Å²) >= 11 is 0. The standard InChI is InChI=1S/C21H28FN5O.HI/c1-3-23-21(25-12-14-28-19-9-5-4-7-16(19)2)26-17-10-13-27(15-17)20-18(22)8-6-11-24-20;/h4-9,11,17H,3,10,12-15H2,1-2H3,(H2,23,25,26);1H. The van der Waals surface area contributed by atoms with Gasteiger partial charge in [-0.3, -0.25) is 0 Å². The molecule has 0 aliphatic carbocycles. The van der Waals surface area contributed by atoms with Gasteiger partial charge in [-0.1, -0.05) is 18.2 Å². The summed E-state index contributed by atoms with van der Waals surface area (Å²) in [5, 5.41) is 6.70. The van der Waals surface area contributed by atoms with Crippen LogP contribution in [0, 0.1) is 12.7 Å². The molecule has 29 heavy (non-hydrogen) atoms. The molecule has 6 nitrogen and oxygen atoms in total. The SMILES string of the molecule is CCNC(=NCCOc1ccccc1C)NC1CCN(c2ncccc2F)C1.I. The fraction of sp³-hybridized carbons (Fsp3) is 0.429. The van der Waals surface area contributed by atoms with Gasteiger partial charge in [0.1, 0.15) is 12.4 Å². The molecule has 3 rings (SSSR count). The third-order valence-electron chi connectivity index (χ3n) is 4.62. The predicted molar refractivity (Wildman–Crippen MR) is 126 cm³/mol. The van der Waals surface area contributed by atoms with E-state index in [2.05, 4.69) is 20.6 Å². The Labute approximate surface area is 189 Å². The van der Waals surface area contributed by atoms with Gasteiger partial charge in [0.05, 0.1) is 6.54 Å². The molecule has 0 saturated carbocycles. The second-order valence-electron chi connectivity index (χ2n) is 6.76. The molecule has 1 saturated heterocycles. The van der Waals surface area contributed by atoms with E-state index in [1.54, 1.807) is 12.3 Å². The van der Waals surface area contributed by atoms with Crippen molar-refractivity contribution in [3.8, 4) is 5.75 Å². The van der Waals surface area contributed by atoms with Crippen molar-refractivity contribution in [2.45, 2.75) is 26.3 Å². The van der Waals surface area contributed by atoms with Gasteiger partial charge in [0.2, 0.25) is 0 Å². The van der Waals surface area contributed by atoms with E-state index in [0.717, 1.165) is 36.8 Å². The fourth-order valence-electron chi connectivity index (χ4n) is 3.23. The minimum Gasteiger partial charge on any atom is -0.491 e. The van der Waals surface area contributed by atoms with Crippen molar-refractivity contribution in [1.29, 1.82) is 0 Å². The largest absolute Gasteiger partial charge is 0.491 e. The Morgan fingerprint density at radius 3 is 2.90 bits per heavy atom. The molecular weight excluding hydrogens is 484 g/mol. The van der Waals surface area contributed by atoms with Crippen LogP contribution in [0.1, 0.15) is 18.9 Å². The Kier molecular flexibility index (Phi) is 9.43. The van der Waals surface area contributed by atoms with Gasteiger partial charge in [-0.25, -0.2) is 14.4 Å². The number of aliphatic imine (C=N–C) groups is 1. The highest BCUT2D eigenvalue weighted by molar-refractivity contribution is 14.0. The van der Waals surface area contributed by atoms with Crippen molar-refractivity contribution in [3.63, 3.8) is 0 Å². The topological polar surface area (TPSA) is 61.8 Å². The minimum atomic E-state index is -0.280. The summed E-state index contributed by atoms with van der Waals surface area (Å²) in [4.78, 5) is 10.7. The number of halogens is 2. The molecule has 1 aliphatic heterocycles. The highest BCUT2D eigenvalue weighted by atomic mass is 127. The predicted octanol–water partition coefficient (Wildman–Crippen LogP) is 3.36. The number of para-hydroxylation sites is 1. The Balaban J connectivity index is 0.00000300. The molecular formula is C21H29FIN5O. The smallest absolute Gasteiger partial charge is 0.191 e. The van der Waals surface area contributed by atoms with Crippen molar-refractivity contribution in [2.75, 3.05) is 37.7 Å². The van der Waals surface area contributed by atoms with Crippen LogP contribution in [0.2, 0.25) is 0 Å². The van der Waals surface area contributed by atoms with Gasteiger partial charge in [-0.05, 0) is 44.0 Å². The van der Waals surface area contributed by atoms with Crippen molar-refractivity contribution in [3.05, 3.63) is 54.0 Å². The lowest BCUT2D eigenvalue weighted by Gasteiger charge is -2.20. The van der Waals surface area contributed by atoms with Gasteiger partial charge in [-0.15, -0.1) is 24.0 Å². The number of hydrogen-bond acceptors (Lipinski definition) is 4. The first-order chi connectivity index (χ1) is 13.7. The van der Waals surface area contributed by atoms with Crippen LogP contribution in [0.15, 0.2) is 47.6 Å². The second kappa shape index (κ2) is 11.8. The van der Waals surface area contributed by atoms with E-state index in [1.165, 1.54) is 6.07 Å². The molecule has 0 spiro atoms. The number of nitrogens with zero attached hydrogens (tertiary/aromatic N) is 3. The van der Waals surface area contributed by atoms with Crippen LogP contribution >= 0.6 is 24.0 Å². The number of ether oxygens (including phenoxy) is 1. The first kappa shape index (κ1) is 23.2. The summed E-state index contributed by atoms with van der Waals surface area (Å²) in [5.41, 5.74) is 1.12. The van der Waals surface area contributed by atoms with Crippen molar-refractivity contribution >= 4 is 35.8 Å². The number of hydrogen-bond donors (Lipinski definition) is 2. The molecule has 1 fully saturated rings. The zero-order valence-corrected chi connectivity index (χ0v) is 19.2. The molecule has 1 atom stereocenters. The first-order valence-electron chi connectivity index (χ1n) is 9.76. The van der Waals surface area contributed by atoms with E-state index in [9.17, 15) is 4.39 Å². The number of aryl methyl sites for hydroxylation is 1. The number of benzene rings is 1. The van der Waals surface area contributed by atoms with Crippen LogP contribution in [-0.4, -0.2) is 49.8 Å². The summed E-state index contributed by atoms with van der Waals surface area (Å²) in [5.74, 6) is 1.78. The highest BCUT2D eigenvalue weighted by Crippen LogP contribution is 2.20. The molecule has 1 unspecified atom stereocenters. The molecule has 1 aromatic carbocycles. The third kappa shape index (κ3) is 6.73. The van der Waals surface area contributed by atoms with E-state index >= 15 is 0 Å². The first-order valence-corrected chi connectivity index (χ1v) is 9.76. The van der Waals surface area contributed by atoms with E-state index in [-0.39, 0.29) is 35.8 Å². The molecule has 2 N–H and O–H groups in total. The molecule has 1 aliphatic rings. The average molecular weight is 513 g/mol. The van der Waals surface area contributed by atoms with Crippen LogP contribution in [-0.2, 0) is 0 Å². The van der Waals surface area contributed by atoms with Gasteiger partial charge in [0.25, 0.3) is 0 Å². The number of pyridine rings is 1. The van der Waals surface area contributed by atoms with Gasteiger partial charge in [-0.2, -0.15) is 0 Å². The van der Waals surface area contributed by atoms with Crippen LogP contribution < -0.4 is 20.3 Å². The quantitative estimate of drug-likeness (QED) is 0.258. The summed E-state index contributed by atoms with van der Waals surface area (Å²) in [7, 11) is 0. The average Bonchev–Trinajstić information content (AvgIpc) is 3.15. The summed E-state index contributed by atoms with van der Waals surface area (Å²) in [6, 6.07) is 11.2. The van der Waals surface area contributed by atoms with Gasteiger partial charge < -0.3 is 20.3 Å². The van der Waals surface area contributed by atoms with Crippen molar-refractivity contribution in [1.82, 2.24) is 15.6 Å². The van der Waals surface area contributed by atoms with Crippen molar-refractivity contribution in [2.24, 2.45) is 4.99 Å². The van der Waals surface area contributed by atoms with Gasteiger partial charge in [0, 0.05) is 31.9 Å². The molecule has 0 radical (unpaired) electrons. The monoisotopic (exact) mass is 513 g/mol. The Bertz CT molecular complexity index is 804. The third-order valence-corrected chi connectivity index (χ3v) is 4.62. The lowest BCUT2D eigenvalue weighted by molar-refractivity contribution is 0.326. The number of nitrogens with one attached hydrogen (secondary N) is 2. The number of anilines is 1. The summed E-state index contributed by atoms with van der Waals surface area (Å²) in [6.07, 6.45) is 2.53. The van der Waals surface area contributed by atoms with Gasteiger partial charge in [0.15, 0.2) is 17.6 Å². The normalized spacial score (nSPS) is 16.3. The number of guanidine groups is 1. The number of rotatable bonds is 7. The molecule has 1 aromatic heterocycles.